The third-order valence-corrected chi connectivity index (χ3v) is 3.69. The number of rotatable bonds is 6. The van der Waals surface area contributed by atoms with Gasteiger partial charge in [0.25, 0.3) is 0 Å². The van der Waals surface area contributed by atoms with Gasteiger partial charge in [-0.2, -0.15) is 0 Å². The molecule has 0 spiro atoms. The molecule has 0 aromatic carbocycles. The van der Waals surface area contributed by atoms with E-state index in [1.807, 2.05) is 0 Å². The van der Waals surface area contributed by atoms with Crippen molar-refractivity contribution in [3.63, 3.8) is 0 Å². The highest BCUT2D eigenvalue weighted by atomic mass is 32.2. The Bertz CT molecular complexity index is 485. The lowest BCUT2D eigenvalue weighted by Crippen LogP contribution is -2.18. The summed E-state index contributed by atoms with van der Waals surface area (Å²) in [4.78, 5) is 17.1. The fourth-order valence-electron chi connectivity index (χ4n) is 0.969. The van der Waals surface area contributed by atoms with Gasteiger partial charge in [0.1, 0.15) is 12.4 Å². The van der Waals surface area contributed by atoms with E-state index in [-0.39, 0.29) is 29.7 Å². The molecule has 1 aromatic heterocycles. The number of aromatic nitrogens is 2. The summed E-state index contributed by atoms with van der Waals surface area (Å²) in [5.41, 5.74) is -0.211. The molecular formula is C8H12N4O4S. The van der Waals surface area contributed by atoms with Crippen LogP contribution in [0.25, 0.3) is 0 Å². The van der Waals surface area contributed by atoms with Crippen LogP contribution in [0, 0.1) is 10.1 Å². The van der Waals surface area contributed by atoms with Gasteiger partial charge in [0.2, 0.25) is 5.95 Å². The van der Waals surface area contributed by atoms with E-state index < -0.39 is 14.8 Å². The van der Waals surface area contributed by atoms with Gasteiger partial charge in [0, 0.05) is 12.3 Å². The molecule has 1 rings (SSSR count). The fraction of sp³-hybridized carbons (Fsp3) is 0.500. The van der Waals surface area contributed by atoms with Gasteiger partial charge >= 0.3 is 5.69 Å². The van der Waals surface area contributed by atoms with Crippen LogP contribution in [0.5, 0.6) is 0 Å². The second-order valence-electron chi connectivity index (χ2n) is 3.19. The predicted octanol–water partition coefficient (Wildman–Crippen LogP) is 0.231. The van der Waals surface area contributed by atoms with Crippen LogP contribution in [0.15, 0.2) is 12.4 Å². The first-order chi connectivity index (χ1) is 7.94. The summed E-state index contributed by atoms with van der Waals surface area (Å²) in [6.45, 7) is 1.74. The average Bonchev–Trinajstić information content (AvgIpc) is 2.29. The zero-order valence-corrected chi connectivity index (χ0v) is 9.98. The molecule has 0 aliphatic heterocycles. The standard InChI is InChI=1S/C8H12N4O4S/c1-2-17(15,16)4-3-9-8-10-5-7(6-11-8)12(13)14/h5-6H,2-4H2,1H3,(H,9,10,11). The molecule has 8 nitrogen and oxygen atoms in total. The molecule has 1 N–H and O–H groups in total. The Balaban J connectivity index is 2.51. The molecule has 17 heavy (non-hydrogen) atoms. The largest absolute Gasteiger partial charge is 0.353 e. The first kappa shape index (κ1) is 13.3. The van der Waals surface area contributed by atoms with Crippen molar-refractivity contribution in [1.82, 2.24) is 9.97 Å². The smallest absolute Gasteiger partial charge is 0.305 e. The van der Waals surface area contributed by atoms with Crippen molar-refractivity contribution < 1.29 is 13.3 Å². The summed E-state index contributed by atoms with van der Waals surface area (Å²) in [7, 11) is -3.04. The highest BCUT2D eigenvalue weighted by Crippen LogP contribution is 2.07. The summed E-state index contributed by atoms with van der Waals surface area (Å²) in [6.07, 6.45) is 2.12. The number of nitrogens with zero attached hydrogens (tertiary/aromatic N) is 3. The third-order valence-electron chi connectivity index (χ3n) is 1.99. The molecule has 0 amide bonds. The van der Waals surface area contributed by atoms with Gasteiger partial charge in [-0.15, -0.1) is 0 Å². The molecule has 9 heteroatoms. The van der Waals surface area contributed by atoms with Crippen LogP contribution in [0.4, 0.5) is 11.6 Å². The Hall–Kier alpha value is -1.77. The van der Waals surface area contributed by atoms with Crippen molar-refractivity contribution in [3.8, 4) is 0 Å². The quantitative estimate of drug-likeness (QED) is 0.575. The Morgan fingerprint density at radius 1 is 1.41 bits per heavy atom. The molecule has 94 valence electrons. The van der Waals surface area contributed by atoms with E-state index in [0.717, 1.165) is 12.4 Å². The molecule has 1 heterocycles. The lowest BCUT2D eigenvalue weighted by molar-refractivity contribution is -0.385. The first-order valence-electron chi connectivity index (χ1n) is 4.85. The molecule has 0 bridgehead atoms. The van der Waals surface area contributed by atoms with Gasteiger partial charge < -0.3 is 5.32 Å². The maximum absolute atomic E-state index is 11.2. The number of anilines is 1. The van der Waals surface area contributed by atoms with Gasteiger partial charge in [-0.1, -0.05) is 6.92 Å². The Morgan fingerprint density at radius 3 is 2.47 bits per heavy atom. The van der Waals surface area contributed by atoms with Crippen LogP contribution in [0.3, 0.4) is 0 Å². The number of hydrogen-bond donors (Lipinski definition) is 1. The summed E-state index contributed by atoms with van der Waals surface area (Å²) in [6, 6.07) is 0. The molecule has 1 aromatic rings. The fourth-order valence-corrected chi connectivity index (χ4v) is 1.67. The minimum Gasteiger partial charge on any atom is -0.353 e. The van der Waals surface area contributed by atoms with Crippen LogP contribution in [-0.4, -0.2) is 41.4 Å². The van der Waals surface area contributed by atoms with Crippen LogP contribution < -0.4 is 5.32 Å². The average molecular weight is 260 g/mol. The highest BCUT2D eigenvalue weighted by Gasteiger charge is 2.08. The molecule has 0 saturated heterocycles. The van der Waals surface area contributed by atoms with Gasteiger partial charge in [-0.3, -0.25) is 10.1 Å². The highest BCUT2D eigenvalue weighted by molar-refractivity contribution is 7.91. The number of nitro groups is 1. The van der Waals surface area contributed by atoms with Gasteiger partial charge in [-0.05, 0) is 0 Å². The minimum absolute atomic E-state index is 0.0240. The van der Waals surface area contributed by atoms with Crippen LogP contribution in [0.2, 0.25) is 0 Å². The van der Waals surface area contributed by atoms with Crippen molar-refractivity contribution in [2.45, 2.75) is 6.92 Å². The van der Waals surface area contributed by atoms with Crippen LogP contribution in [-0.2, 0) is 9.84 Å². The van der Waals surface area contributed by atoms with E-state index in [1.54, 1.807) is 6.92 Å². The predicted molar refractivity (Wildman–Crippen MR) is 61.5 cm³/mol. The van der Waals surface area contributed by atoms with Gasteiger partial charge in [-0.25, -0.2) is 18.4 Å². The molecule has 0 unspecified atom stereocenters. The van der Waals surface area contributed by atoms with E-state index in [4.69, 9.17) is 0 Å². The summed E-state index contributed by atoms with van der Waals surface area (Å²) >= 11 is 0. The van der Waals surface area contributed by atoms with Crippen molar-refractivity contribution in [3.05, 3.63) is 22.5 Å². The summed E-state index contributed by atoms with van der Waals surface area (Å²) < 4.78 is 22.3. The molecule has 0 aliphatic rings. The zero-order valence-electron chi connectivity index (χ0n) is 9.16. The van der Waals surface area contributed by atoms with Crippen molar-refractivity contribution in [2.24, 2.45) is 0 Å². The zero-order chi connectivity index (χ0) is 12.9. The van der Waals surface area contributed by atoms with Crippen LogP contribution in [0.1, 0.15) is 6.92 Å². The maximum Gasteiger partial charge on any atom is 0.305 e. The molecule has 0 aliphatic carbocycles. The SMILES string of the molecule is CCS(=O)(=O)CCNc1ncc([N+](=O)[O-])cn1. The molecule has 0 atom stereocenters. The minimum atomic E-state index is -3.04. The molecule has 0 radical (unpaired) electrons. The Kier molecular flexibility index (Phi) is 4.32. The normalized spacial score (nSPS) is 11.1. The van der Waals surface area contributed by atoms with Crippen molar-refractivity contribution in [1.29, 1.82) is 0 Å². The van der Waals surface area contributed by atoms with E-state index >= 15 is 0 Å². The van der Waals surface area contributed by atoms with Crippen LogP contribution >= 0.6 is 0 Å². The van der Waals surface area contributed by atoms with Gasteiger partial charge in [0.05, 0.1) is 10.7 Å². The third kappa shape index (κ3) is 4.31. The van der Waals surface area contributed by atoms with E-state index in [2.05, 4.69) is 15.3 Å². The van der Waals surface area contributed by atoms with E-state index in [0.29, 0.717) is 0 Å². The number of sulfone groups is 1. The topological polar surface area (TPSA) is 115 Å². The second kappa shape index (κ2) is 5.53. The van der Waals surface area contributed by atoms with Gasteiger partial charge in [0.15, 0.2) is 9.84 Å². The lowest BCUT2D eigenvalue weighted by Gasteiger charge is -2.03. The monoisotopic (exact) mass is 260 g/mol. The Labute approximate surface area is 98.2 Å². The number of nitrogens with one attached hydrogen (secondary N) is 1. The molecular weight excluding hydrogens is 248 g/mol. The second-order valence-corrected chi connectivity index (χ2v) is 5.66. The summed E-state index contributed by atoms with van der Waals surface area (Å²) in [5.74, 6) is 0.224. The van der Waals surface area contributed by atoms with E-state index in [1.165, 1.54) is 0 Å². The summed E-state index contributed by atoms with van der Waals surface area (Å²) in [5, 5.41) is 13.0. The van der Waals surface area contributed by atoms with Crippen molar-refractivity contribution in [2.75, 3.05) is 23.4 Å². The Morgan fingerprint density at radius 2 is 2.00 bits per heavy atom. The van der Waals surface area contributed by atoms with Crippen molar-refractivity contribution >= 4 is 21.5 Å². The maximum atomic E-state index is 11.2. The molecule has 0 fully saturated rings. The number of hydrogen-bond acceptors (Lipinski definition) is 7. The first-order valence-corrected chi connectivity index (χ1v) is 6.67. The molecule has 0 saturated carbocycles. The lowest BCUT2D eigenvalue weighted by atomic mass is 10.5. The van der Waals surface area contributed by atoms with E-state index in [9.17, 15) is 18.5 Å².